The number of nitrogens with one attached hydrogen (secondary N) is 2. The van der Waals surface area contributed by atoms with Crippen LogP contribution in [0.4, 0.5) is 0 Å². The zero-order valence-electron chi connectivity index (χ0n) is 12.6. The predicted molar refractivity (Wildman–Crippen MR) is 78.7 cm³/mol. The van der Waals surface area contributed by atoms with Gasteiger partial charge in [0, 0.05) is 31.6 Å². The predicted octanol–water partition coefficient (Wildman–Crippen LogP) is 0.518. The molecule has 0 fully saturated rings. The van der Waals surface area contributed by atoms with Gasteiger partial charge in [0.15, 0.2) is 0 Å². The average Bonchev–Trinajstić information content (AvgIpc) is 2.75. The van der Waals surface area contributed by atoms with Crippen molar-refractivity contribution in [3.8, 4) is 0 Å². The summed E-state index contributed by atoms with van der Waals surface area (Å²) in [5.41, 5.74) is 4.82. The van der Waals surface area contributed by atoms with E-state index in [9.17, 15) is 9.59 Å². The molecule has 2 N–H and O–H groups in total. The minimum absolute atomic E-state index is 0.149. The van der Waals surface area contributed by atoms with E-state index in [1.165, 1.54) is 0 Å². The highest BCUT2D eigenvalue weighted by molar-refractivity contribution is 6.39. The highest BCUT2D eigenvalue weighted by atomic mass is 16.2. The van der Waals surface area contributed by atoms with E-state index in [4.69, 9.17) is 0 Å². The summed E-state index contributed by atoms with van der Waals surface area (Å²) in [5, 5.41) is 11.0. The fourth-order valence-electron chi connectivity index (χ4n) is 2.23. The molecule has 0 unspecified atom stereocenters. The van der Waals surface area contributed by atoms with Gasteiger partial charge >= 0.3 is 0 Å². The third-order valence-corrected chi connectivity index (χ3v) is 3.37. The lowest BCUT2D eigenvalue weighted by atomic mass is 10.1. The summed E-state index contributed by atoms with van der Waals surface area (Å²) in [7, 11) is 0. The summed E-state index contributed by atoms with van der Waals surface area (Å²) < 4.78 is 1.95. The Morgan fingerprint density at radius 3 is 2.81 bits per heavy atom. The number of aromatic nitrogens is 2. The molecule has 2 heterocycles. The van der Waals surface area contributed by atoms with Crippen molar-refractivity contribution in [2.45, 2.75) is 40.2 Å². The van der Waals surface area contributed by atoms with Crippen molar-refractivity contribution in [1.29, 1.82) is 0 Å². The second-order valence-corrected chi connectivity index (χ2v) is 5.52. The molecular weight excluding hydrogens is 270 g/mol. The molecule has 1 aromatic heterocycles. The lowest BCUT2D eigenvalue weighted by Crippen LogP contribution is -2.39. The van der Waals surface area contributed by atoms with Crippen molar-refractivity contribution < 1.29 is 9.59 Å². The minimum atomic E-state index is -0.213. The normalized spacial score (nSPS) is 16.1. The van der Waals surface area contributed by atoms with Crippen molar-refractivity contribution in [3.63, 3.8) is 0 Å². The number of aryl methyl sites for hydroxylation is 2. The number of amides is 2. The molecule has 1 aliphatic rings. The lowest BCUT2D eigenvalue weighted by molar-refractivity contribution is -0.121. The van der Waals surface area contributed by atoms with Gasteiger partial charge in [0.2, 0.25) is 5.91 Å². The summed E-state index contributed by atoms with van der Waals surface area (Å²) in [4.78, 5) is 22.9. The average molecular weight is 291 g/mol. The van der Waals surface area contributed by atoms with E-state index in [-0.39, 0.29) is 17.7 Å². The van der Waals surface area contributed by atoms with Crippen LogP contribution < -0.4 is 10.7 Å². The van der Waals surface area contributed by atoms with Crippen LogP contribution in [0.2, 0.25) is 0 Å². The topological polar surface area (TPSA) is 88.4 Å². The monoisotopic (exact) mass is 291 g/mol. The number of hydrogen-bond acceptors (Lipinski definition) is 4. The Labute approximate surface area is 123 Å². The highest BCUT2D eigenvalue weighted by Gasteiger charge is 2.18. The number of carbonyl (C=O) groups is 2. The van der Waals surface area contributed by atoms with Gasteiger partial charge in [-0.1, -0.05) is 6.92 Å². The van der Waals surface area contributed by atoms with E-state index in [2.05, 4.69) is 27.9 Å². The Morgan fingerprint density at radius 2 is 2.24 bits per heavy atom. The second-order valence-electron chi connectivity index (χ2n) is 5.52. The summed E-state index contributed by atoms with van der Waals surface area (Å²) in [6, 6.07) is 2.03. The molecule has 0 saturated carbocycles. The maximum Gasteiger partial charge on any atom is 0.267 e. The Balaban J connectivity index is 1.81. The lowest BCUT2D eigenvalue weighted by Gasteiger charge is -2.16. The van der Waals surface area contributed by atoms with E-state index < -0.39 is 0 Å². The van der Waals surface area contributed by atoms with Gasteiger partial charge in [-0.3, -0.25) is 14.3 Å². The van der Waals surface area contributed by atoms with Gasteiger partial charge in [-0.25, -0.2) is 5.43 Å². The molecule has 0 bridgehead atoms. The first-order valence-electron chi connectivity index (χ1n) is 7.10. The number of carbonyl (C=O) groups excluding carboxylic acids is 2. The van der Waals surface area contributed by atoms with Gasteiger partial charge in [-0.2, -0.15) is 10.2 Å². The Hall–Kier alpha value is -2.18. The third kappa shape index (κ3) is 4.14. The summed E-state index contributed by atoms with van der Waals surface area (Å²) in [6.45, 7) is 7.34. The van der Waals surface area contributed by atoms with Crippen molar-refractivity contribution in [2.24, 2.45) is 11.0 Å². The molecule has 2 amide bonds. The van der Waals surface area contributed by atoms with Crippen LogP contribution in [-0.2, 0) is 16.1 Å². The van der Waals surface area contributed by atoms with E-state index in [1.807, 2.05) is 24.6 Å². The number of nitrogens with zero attached hydrogens (tertiary/aromatic N) is 3. The first-order chi connectivity index (χ1) is 9.95. The number of hydrogen-bond donors (Lipinski definition) is 2. The smallest absolute Gasteiger partial charge is 0.267 e. The van der Waals surface area contributed by atoms with E-state index >= 15 is 0 Å². The maximum atomic E-state index is 11.9. The van der Waals surface area contributed by atoms with Crippen molar-refractivity contribution in [3.05, 3.63) is 17.5 Å². The Bertz CT molecular complexity index is 576. The summed E-state index contributed by atoms with van der Waals surface area (Å²) in [5.74, 6) is -0.106. The van der Waals surface area contributed by atoms with Crippen LogP contribution in [0.3, 0.4) is 0 Å². The quantitative estimate of drug-likeness (QED) is 0.829. The van der Waals surface area contributed by atoms with E-state index in [0.29, 0.717) is 25.1 Å². The van der Waals surface area contributed by atoms with Crippen molar-refractivity contribution in [1.82, 2.24) is 20.5 Å². The van der Waals surface area contributed by atoms with Gasteiger partial charge in [0.25, 0.3) is 5.91 Å². The van der Waals surface area contributed by atoms with Gasteiger partial charge in [-0.15, -0.1) is 0 Å². The molecule has 1 aromatic rings. The summed E-state index contributed by atoms with van der Waals surface area (Å²) in [6.07, 6.45) is 0.705. The standard InChI is InChI=1S/C14H21N5O2/c1-9(8-19-11(3)6-10(2)18-19)7-15-14(21)12-4-5-13(20)17-16-12/h6,9H,4-5,7-8H2,1-3H3,(H,15,21)(H,17,20)/t9-/m1/s1. The molecule has 1 atom stereocenters. The van der Waals surface area contributed by atoms with Crippen LogP contribution >= 0.6 is 0 Å². The van der Waals surface area contributed by atoms with Gasteiger partial charge in [0.1, 0.15) is 5.71 Å². The molecule has 7 heteroatoms. The third-order valence-electron chi connectivity index (χ3n) is 3.37. The molecule has 0 aromatic carbocycles. The largest absolute Gasteiger partial charge is 0.351 e. The van der Waals surface area contributed by atoms with Crippen molar-refractivity contribution >= 4 is 17.5 Å². The maximum absolute atomic E-state index is 11.9. The van der Waals surface area contributed by atoms with Crippen LogP contribution in [-0.4, -0.2) is 33.9 Å². The summed E-state index contributed by atoms with van der Waals surface area (Å²) >= 11 is 0. The van der Waals surface area contributed by atoms with Crippen molar-refractivity contribution in [2.75, 3.05) is 6.54 Å². The molecule has 114 valence electrons. The SMILES string of the molecule is Cc1cc(C)n(C[C@H](C)CNC(=O)C2=NNC(=O)CC2)n1. The minimum Gasteiger partial charge on any atom is -0.351 e. The molecule has 0 radical (unpaired) electrons. The first-order valence-corrected chi connectivity index (χ1v) is 7.10. The molecule has 0 spiro atoms. The van der Waals surface area contributed by atoms with E-state index in [0.717, 1.165) is 17.9 Å². The Kier molecular flexibility index (Phi) is 4.72. The Morgan fingerprint density at radius 1 is 1.48 bits per heavy atom. The first kappa shape index (κ1) is 15.2. The highest BCUT2D eigenvalue weighted by Crippen LogP contribution is 2.06. The number of rotatable bonds is 5. The van der Waals surface area contributed by atoms with E-state index in [1.54, 1.807) is 0 Å². The van der Waals surface area contributed by atoms with Gasteiger partial charge < -0.3 is 5.32 Å². The van der Waals surface area contributed by atoms with Crippen LogP contribution in [0.15, 0.2) is 11.2 Å². The molecule has 0 saturated heterocycles. The molecule has 21 heavy (non-hydrogen) atoms. The molecule has 7 nitrogen and oxygen atoms in total. The number of hydrazone groups is 1. The molecule has 1 aliphatic heterocycles. The molecule has 2 rings (SSSR count). The zero-order valence-corrected chi connectivity index (χ0v) is 12.6. The van der Waals surface area contributed by atoms with Gasteiger partial charge in [-0.05, 0) is 25.8 Å². The van der Waals surface area contributed by atoms with Crippen LogP contribution in [0.25, 0.3) is 0 Å². The second kappa shape index (κ2) is 6.51. The van der Waals surface area contributed by atoms with Crippen LogP contribution in [0.5, 0.6) is 0 Å². The fraction of sp³-hybridized carbons (Fsp3) is 0.571. The molecule has 0 aliphatic carbocycles. The fourth-order valence-corrected chi connectivity index (χ4v) is 2.23. The van der Waals surface area contributed by atoms with Gasteiger partial charge in [0.05, 0.1) is 5.69 Å². The molecular formula is C14H21N5O2. The van der Waals surface area contributed by atoms with Crippen LogP contribution in [0, 0.1) is 19.8 Å². The van der Waals surface area contributed by atoms with Crippen LogP contribution in [0.1, 0.15) is 31.2 Å². The zero-order chi connectivity index (χ0) is 15.4.